The van der Waals surface area contributed by atoms with E-state index < -0.39 is 0 Å². The predicted octanol–water partition coefficient (Wildman–Crippen LogP) is 5.53. The van der Waals surface area contributed by atoms with Crippen LogP contribution in [0.4, 0.5) is 11.4 Å². The van der Waals surface area contributed by atoms with Crippen molar-refractivity contribution in [2.45, 2.75) is 46.1 Å². The van der Waals surface area contributed by atoms with Gasteiger partial charge in [-0.05, 0) is 79.7 Å². The molecule has 1 saturated heterocycles. The molecule has 27 heavy (non-hydrogen) atoms. The topological polar surface area (TPSA) is 27.3 Å². The van der Waals surface area contributed by atoms with Crippen LogP contribution in [0.25, 0.3) is 0 Å². The van der Waals surface area contributed by atoms with Gasteiger partial charge >= 0.3 is 0 Å². The highest BCUT2D eigenvalue weighted by Gasteiger charge is 2.17. The molecule has 0 spiro atoms. The molecule has 1 aliphatic rings. The van der Waals surface area contributed by atoms with Crippen molar-refractivity contribution in [3.63, 3.8) is 0 Å². The molecule has 1 fully saturated rings. The van der Waals surface area contributed by atoms with Gasteiger partial charge in [0.25, 0.3) is 0 Å². The van der Waals surface area contributed by atoms with Gasteiger partial charge in [-0.15, -0.1) is 0 Å². The van der Waals surface area contributed by atoms with Crippen molar-refractivity contribution in [3.05, 3.63) is 59.7 Å². The number of nitrogens with one attached hydrogen (secondary N) is 2. The molecular formula is C23H31N3S. The fourth-order valence-electron chi connectivity index (χ4n) is 3.67. The van der Waals surface area contributed by atoms with Crippen molar-refractivity contribution in [2.24, 2.45) is 5.92 Å². The highest BCUT2D eigenvalue weighted by molar-refractivity contribution is 7.80. The lowest BCUT2D eigenvalue weighted by atomic mass is 9.99. The summed E-state index contributed by atoms with van der Waals surface area (Å²) in [5.41, 5.74) is 4.92. The SMILES string of the molecule is CCc1ccc(NC(=S)N[C@H](C)c2ccc(N3CCC[C@H](C)C3)cc2)cc1. The van der Waals surface area contributed by atoms with Gasteiger partial charge in [0.15, 0.2) is 5.11 Å². The Hall–Kier alpha value is -2.07. The number of hydrogen-bond acceptors (Lipinski definition) is 2. The molecule has 144 valence electrons. The van der Waals surface area contributed by atoms with Crippen molar-refractivity contribution in [2.75, 3.05) is 23.3 Å². The molecule has 0 amide bonds. The molecule has 1 aliphatic heterocycles. The highest BCUT2D eigenvalue weighted by Crippen LogP contribution is 2.24. The number of thiocarbonyl (C=S) groups is 1. The second-order valence-corrected chi connectivity index (χ2v) is 8.06. The lowest BCUT2D eigenvalue weighted by molar-refractivity contribution is 0.447. The fraction of sp³-hybridized carbons (Fsp3) is 0.435. The monoisotopic (exact) mass is 381 g/mol. The summed E-state index contributed by atoms with van der Waals surface area (Å²) in [5.74, 6) is 0.786. The summed E-state index contributed by atoms with van der Waals surface area (Å²) < 4.78 is 0. The Morgan fingerprint density at radius 1 is 1.15 bits per heavy atom. The van der Waals surface area contributed by atoms with E-state index in [-0.39, 0.29) is 6.04 Å². The molecule has 0 aromatic heterocycles. The number of nitrogens with zero attached hydrogens (tertiary/aromatic N) is 1. The maximum atomic E-state index is 5.48. The first kappa shape index (κ1) is 19.7. The Kier molecular flexibility index (Phi) is 6.73. The molecule has 2 N–H and O–H groups in total. The van der Waals surface area contributed by atoms with Crippen molar-refractivity contribution in [3.8, 4) is 0 Å². The average molecular weight is 382 g/mol. The second-order valence-electron chi connectivity index (χ2n) is 7.66. The molecule has 0 unspecified atom stereocenters. The summed E-state index contributed by atoms with van der Waals surface area (Å²) in [7, 11) is 0. The van der Waals surface area contributed by atoms with E-state index in [0.29, 0.717) is 5.11 Å². The first-order chi connectivity index (χ1) is 13.0. The molecule has 0 bridgehead atoms. The molecule has 0 saturated carbocycles. The minimum absolute atomic E-state index is 0.161. The third-order valence-corrected chi connectivity index (χ3v) is 5.60. The molecule has 2 aromatic rings. The third kappa shape index (κ3) is 5.46. The minimum Gasteiger partial charge on any atom is -0.371 e. The van der Waals surface area contributed by atoms with E-state index in [2.05, 4.69) is 84.8 Å². The molecule has 0 aliphatic carbocycles. The number of rotatable bonds is 5. The van der Waals surface area contributed by atoms with E-state index >= 15 is 0 Å². The summed E-state index contributed by atoms with van der Waals surface area (Å²) >= 11 is 5.48. The van der Waals surface area contributed by atoms with Gasteiger partial charge in [0.05, 0.1) is 6.04 Å². The second kappa shape index (κ2) is 9.23. The van der Waals surface area contributed by atoms with E-state index in [1.807, 2.05) is 0 Å². The zero-order valence-electron chi connectivity index (χ0n) is 16.7. The highest BCUT2D eigenvalue weighted by atomic mass is 32.1. The maximum Gasteiger partial charge on any atom is 0.171 e. The van der Waals surface area contributed by atoms with Gasteiger partial charge in [-0.1, -0.05) is 38.1 Å². The summed E-state index contributed by atoms with van der Waals surface area (Å²) in [5, 5.41) is 7.31. The number of piperidine rings is 1. The molecule has 0 radical (unpaired) electrons. The number of anilines is 2. The Labute approximate surface area is 169 Å². The Morgan fingerprint density at radius 2 is 1.85 bits per heavy atom. The molecule has 2 atom stereocenters. The fourth-order valence-corrected chi connectivity index (χ4v) is 3.96. The standard InChI is InChI=1S/C23H31N3S/c1-4-19-7-11-21(12-8-19)25-23(27)24-18(3)20-9-13-22(14-10-20)26-15-5-6-17(2)16-26/h7-14,17-18H,4-6,15-16H2,1-3H3,(H2,24,25,27)/t17-,18+/m0/s1. The summed E-state index contributed by atoms with van der Waals surface area (Å²) in [6, 6.07) is 17.5. The van der Waals surface area contributed by atoms with Crippen LogP contribution in [0.5, 0.6) is 0 Å². The summed E-state index contributed by atoms with van der Waals surface area (Å²) in [4.78, 5) is 2.50. The average Bonchev–Trinajstić information content (AvgIpc) is 2.68. The first-order valence-corrected chi connectivity index (χ1v) is 10.5. The van der Waals surface area contributed by atoms with E-state index in [9.17, 15) is 0 Å². The quantitative estimate of drug-likeness (QED) is 0.666. The van der Waals surface area contributed by atoms with Gasteiger partial charge in [-0.25, -0.2) is 0 Å². The predicted molar refractivity (Wildman–Crippen MR) is 121 cm³/mol. The van der Waals surface area contributed by atoms with Crippen LogP contribution in [0.3, 0.4) is 0 Å². The van der Waals surface area contributed by atoms with Gasteiger partial charge in [-0.2, -0.15) is 0 Å². The van der Waals surface area contributed by atoms with Crippen molar-refractivity contribution < 1.29 is 0 Å². The molecule has 3 rings (SSSR count). The number of hydrogen-bond donors (Lipinski definition) is 2. The molecule has 2 aromatic carbocycles. The smallest absolute Gasteiger partial charge is 0.171 e. The lowest BCUT2D eigenvalue weighted by Crippen LogP contribution is -2.34. The van der Waals surface area contributed by atoms with Gasteiger partial charge in [0, 0.05) is 24.5 Å². The molecule has 4 heteroatoms. The molecule has 1 heterocycles. The zero-order valence-corrected chi connectivity index (χ0v) is 17.5. The number of benzene rings is 2. The zero-order chi connectivity index (χ0) is 19.2. The largest absolute Gasteiger partial charge is 0.371 e. The van der Waals surface area contributed by atoms with Crippen LogP contribution < -0.4 is 15.5 Å². The van der Waals surface area contributed by atoms with E-state index in [1.54, 1.807) is 0 Å². The van der Waals surface area contributed by atoms with Crippen LogP contribution in [-0.2, 0) is 6.42 Å². The van der Waals surface area contributed by atoms with Crippen LogP contribution in [0.1, 0.15) is 50.8 Å². The first-order valence-electron chi connectivity index (χ1n) is 10.1. The van der Waals surface area contributed by atoms with Gasteiger partial charge in [0.2, 0.25) is 0 Å². The van der Waals surface area contributed by atoms with Crippen LogP contribution >= 0.6 is 12.2 Å². The van der Waals surface area contributed by atoms with Gasteiger partial charge in [-0.3, -0.25) is 0 Å². The molecular weight excluding hydrogens is 350 g/mol. The normalized spacial score (nSPS) is 18.0. The van der Waals surface area contributed by atoms with Crippen molar-refractivity contribution in [1.82, 2.24) is 5.32 Å². The number of aryl methyl sites for hydroxylation is 1. The molecule has 3 nitrogen and oxygen atoms in total. The Bertz CT molecular complexity index is 739. The van der Waals surface area contributed by atoms with E-state index in [0.717, 1.165) is 24.6 Å². The van der Waals surface area contributed by atoms with Crippen LogP contribution in [0, 0.1) is 5.92 Å². The van der Waals surface area contributed by atoms with Crippen molar-refractivity contribution in [1.29, 1.82) is 0 Å². The van der Waals surface area contributed by atoms with E-state index in [1.165, 1.54) is 36.2 Å². The van der Waals surface area contributed by atoms with Crippen LogP contribution in [-0.4, -0.2) is 18.2 Å². The minimum atomic E-state index is 0.161. The third-order valence-electron chi connectivity index (χ3n) is 5.38. The Balaban J connectivity index is 1.55. The van der Waals surface area contributed by atoms with Crippen molar-refractivity contribution >= 4 is 28.7 Å². The van der Waals surface area contributed by atoms with Crippen LogP contribution in [0.15, 0.2) is 48.5 Å². The van der Waals surface area contributed by atoms with Gasteiger partial charge < -0.3 is 15.5 Å². The summed E-state index contributed by atoms with van der Waals surface area (Å²) in [6.07, 6.45) is 3.69. The lowest BCUT2D eigenvalue weighted by Gasteiger charge is -2.33. The maximum absolute atomic E-state index is 5.48. The Morgan fingerprint density at radius 3 is 2.48 bits per heavy atom. The van der Waals surface area contributed by atoms with E-state index in [4.69, 9.17) is 12.2 Å². The van der Waals surface area contributed by atoms with Gasteiger partial charge in [0.1, 0.15) is 0 Å². The van der Waals surface area contributed by atoms with Crippen LogP contribution in [0.2, 0.25) is 0 Å². The summed E-state index contributed by atoms with van der Waals surface area (Å²) in [6.45, 7) is 8.98.